The molecule has 1 N–H and O–H groups in total. The first kappa shape index (κ1) is 14.7. The van der Waals surface area contributed by atoms with Gasteiger partial charge < -0.3 is 5.11 Å². The van der Waals surface area contributed by atoms with Crippen LogP contribution in [0.25, 0.3) is 0 Å². The van der Waals surface area contributed by atoms with E-state index in [-0.39, 0.29) is 5.41 Å². The van der Waals surface area contributed by atoms with E-state index < -0.39 is 5.97 Å². The molecule has 0 spiro atoms. The normalized spacial score (nSPS) is 11.6. The molecule has 2 rings (SSSR count). The summed E-state index contributed by atoms with van der Waals surface area (Å²) >= 11 is 1.59. The Balaban J connectivity index is 2.32. The van der Waals surface area contributed by atoms with Crippen LogP contribution in [0.2, 0.25) is 0 Å². The number of rotatable bonds is 3. The Labute approximate surface area is 123 Å². The second-order valence-corrected chi connectivity index (χ2v) is 6.96. The zero-order chi connectivity index (χ0) is 14.9. The molecule has 0 radical (unpaired) electrons. The Hall–Kier alpha value is -1.68. The number of hydrogen-bond acceptors (Lipinski definition) is 3. The van der Waals surface area contributed by atoms with Crippen molar-refractivity contribution < 1.29 is 9.90 Å². The zero-order valence-corrected chi connectivity index (χ0v) is 13.0. The minimum atomic E-state index is -0.882. The molecule has 1 heterocycles. The summed E-state index contributed by atoms with van der Waals surface area (Å²) in [6, 6.07) is 5.43. The van der Waals surface area contributed by atoms with Crippen molar-refractivity contribution >= 4 is 17.3 Å². The average molecular weight is 289 g/mol. The van der Waals surface area contributed by atoms with Crippen LogP contribution in [0.15, 0.2) is 23.6 Å². The van der Waals surface area contributed by atoms with Gasteiger partial charge in [-0.1, -0.05) is 38.5 Å². The number of aromatic carboxylic acids is 1. The van der Waals surface area contributed by atoms with Crippen molar-refractivity contribution in [3.63, 3.8) is 0 Å². The molecule has 0 aliphatic carbocycles. The van der Waals surface area contributed by atoms with Gasteiger partial charge in [0.15, 0.2) is 0 Å². The van der Waals surface area contributed by atoms with Crippen LogP contribution in [-0.4, -0.2) is 16.1 Å². The van der Waals surface area contributed by atoms with E-state index in [9.17, 15) is 9.90 Å². The summed E-state index contributed by atoms with van der Waals surface area (Å²) in [5, 5.41) is 12.3. The van der Waals surface area contributed by atoms with Crippen LogP contribution in [-0.2, 0) is 11.8 Å². The van der Waals surface area contributed by atoms with E-state index in [1.165, 1.54) is 0 Å². The highest BCUT2D eigenvalue weighted by molar-refractivity contribution is 7.09. The summed E-state index contributed by atoms with van der Waals surface area (Å²) in [6.07, 6.45) is 0.573. The Morgan fingerprint density at radius 3 is 2.60 bits per heavy atom. The summed E-state index contributed by atoms with van der Waals surface area (Å²) < 4.78 is 0. The molecule has 2 aromatic rings. The molecule has 0 fully saturated rings. The summed E-state index contributed by atoms with van der Waals surface area (Å²) in [7, 11) is 0. The van der Waals surface area contributed by atoms with Crippen molar-refractivity contribution in [3.05, 3.63) is 51.0 Å². The molecule has 0 bridgehead atoms. The summed E-state index contributed by atoms with van der Waals surface area (Å²) in [6.45, 7) is 8.35. The van der Waals surface area contributed by atoms with Gasteiger partial charge in [0.05, 0.1) is 16.3 Å². The fraction of sp³-hybridized carbons (Fsp3) is 0.375. The third-order valence-electron chi connectivity index (χ3n) is 3.15. The van der Waals surface area contributed by atoms with Crippen LogP contribution in [0.4, 0.5) is 0 Å². The molecule has 0 aliphatic heterocycles. The molecule has 1 aromatic heterocycles. The maximum absolute atomic E-state index is 11.3. The quantitative estimate of drug-likeness (QED) is 0.927. The average Bonchev–Trinajstić information content (AvgIpc) is 2.76. The molecule has 0 saturated heterocycles. The number of thiazole rings is 1. The highest BCUT2D eigenvalue weighted by atomic mass is 32.1. The van der Waals surface area contributed by atoms with Crippen LogP contribution in [0, 0.1) is 6.92 Å². The number of benzene rings is 1. The molecule has 3 nitrogen and oxygen atoms in total. The first-order valence-corrected chi connectivity index (χ1v) is 7.43. The van der Waals surface area contributed by atoms with Gasteiger partial charge in [0, 0.05) is 17.2 Å². The highest BCUT2D eigenvalue weighted by Crippen LogP contribution is 2.26. The van der Waals surface area contributed by atoms with Gasteiger partial charge in [0.2, 0.25) is 0 Å². The number of aryl methyl sites for hydroxylation is 1. The van der Waals surface area contributed by atoms with Crippen molar-refractivity contribution in [2.24, 2.45) is 0 Å². The second kappa shape index (κ2) is 5.37. The topological polar surface area (TPSA) is 50.2 Å². The number of carboxylic acids is 1. The van der Waals surface area contributed by atoms with Crippen LogP contribution in [0.5, 0.6) is 0 Å². The Morgan fingerprint density at radius 1 is 1.35 bits per heavy atom. The molecule has 106 valence electrons. The smallest absolute Gasteiger partial charge is 0.335 e. The number of carboxylic acid groups (broad SMARTS) is 1. The summed E-state index contributed by atoms with van der Waals surface area (Å²) in [4.78, 5) is 15.9. The molecule has 0 unspecified atom stereocenters. The number of hydrogen-bond donors (Lipinski definition) is 1. The van der Waals surface area contributed by atoms with Crippen molar-refractivity contribution in [2.45, 2.75) is 39.5 Å². The van der Waals surface area contributed by atoms with Crippen molar-refractivity contribution in [3.8, 4) is 0 Å². The van der Waals surface area contributed by atoms with Gasteiger partial charge in [-0.2, -0.15) is 0 Å². The maximum atomic E-state index is 11.3. The minimum Gasteiger partial charge on any atom is -0.478 e. The van der Waals surface area contributed by atoms with Crippen LogP contribution >= 0.6 is 11.3 Å². The van der Waals surface area contributed by atoms with Crippen molar-refractivity contribution in [1.82, 2.24) is 4.98 Å². The predicted octanol–water partition coefficient (Wildman–Crippen LogP) is 4.04. The van der Waals surface area contributed by atoms with Gasteiger partial charge in [-0.15, -0.1) is 11.3 Å². The van der Waals surface area contributed by atoms with Gasteiger partial charge in [-0.3, -0.25) is 0 Å². The first-order chi connectivity index (χ1) is 9.27. The molecular formula is C16H19NO2S. The first-order valence-electron chi connectivity index (χ1n) is 6.55. The molecule has 0 atom stereocenters. The van der Waals surface area contributed by atoms with Crippen LogP contribution in [0.1, 0.15) is 53.0 Å². The van der Waals surface area contributed by atoms with Gasteiger partial charge in [0.1, 0.15) is 0 Å². The van der Waals surface area contributed by atoms with Gasteiger partial charge >= 0.3 is 5.97 Å². The molecule has 0 amide bonds. The zero-order valence-electron chi connectivity index (χ0n) is 12.2. The van der Waals surface area contributed by atoms with Crippen LogP contribution in [0.3, 0.4) is 0 Å². The lowest BCUT2D eigenvalue weighted by molar-refractivity contribution is 0.0696. The molecule has 1 aromatic carbocycles. The number of aromatic nitrogens is 1. The van der Waals surface area contributed by atoms with E-state index in [2.05, 4.69) is 31.1 Å². The maximum Gasteiger partial charge on any atom is 0.335 e. The molecule has 4 heteroatoms. The lowest BCUT2D eigenvalue weighted by atomic mass is 9.93. The standard InChI is InChI=1S/C16H19NO2S/c1-10-5-6-12(15(18)19)11(7-10)8-14-17-13(9-20-14)16(2,3)4/h5-7,9H,8H2,1-4H3,(H,18,19). The van der Waals surface area contributed by atoms with Crippen LogP contribution < -0.4 is 0 Å². The summed E-state index contributed by atoms with van der Waals surface area (Å²) in [5.41, 5.74) is 3.34. The lowest BCUT2D eigenvalue weighted by Crippen LogP contribution is -2.11. The SMILES string of the molecule is Cc1ccc(C(=O)O)c(Cc2nc(C(C)(C)C)cs2)c1. The van der Waals surface area contributed by atoms with E-state index in [0.29, 0.717) is 12.0 Å². The van der Waals surface area contributed by atoms with Gasteiger partial charge in [-0.25, -0.2) is 9.78 Å². The Kier molecular flexibility index (Phi) is 3.95. The van der Waals surface area contributed by atoms with Crippen molar-refractivity contribution in [2.75, 3.05) is 0 Å². The third kappa shape index (κ3) is 3.25. The fourth-order valence-corrected chi connectivity index (χ4v) is 3.02. The summed E-state index contributed by atoms with van der Waals surface area (Å²) in [5.74, 6) is -0.882. The highest BCUT2D eigenvalue weighted by Gasteiger charge is 2.18. The van der Waals surface area contributed by atoms with Crippen molar-refractivity contribution in [1.29, 1.82) is 0 Å². The second-order valence-electron chi connectivity index (χ2n) is 6.02. The predicted molar refractivity (Wildman–Crippen MR) is 81.8 cm³/mol. The van der Waals surface area contributed by atoms with E-state index in [1.807, 2.05) is 19.1 Å². The molecule has 20 heavy (non-hydrogen) atoms. The minimum absolute atomic E-state index is 0.0248. The number of nitrogens with zero attached hydrogens (tertiary/aromatic N) is 1. The monoisotopic (exact) mass is 289 g/mol. The van der Waals surface area contributed by atoms with Gasteiger partial charge in [-0.05, 0) is 18.6 Å². The molecule has 0 saturated carbocycles. The number of carbonyl (C=O) groups is 1. The van der Waals surface area contributed by atoms with E-state index in [0.717, 1.165) is 21.8 Å². The Morgan fingerprint density at radius 2 is 2.05 bits per heavy atom. The molecule has 0 aliphatic rings. The molecular weight excluding hydrogens is 270 g/mol. The Bertz CT molecular complexity index is 638. The largest absolute Gasteiger partial charge is 0.478 e. The van der Waals surface area contributed by atoms with E-state index in [4.69, 9.17) is 0 Å². The fourth-order valence-electron chi connectivity index (χ4n) is 1.98. The van der Waals surface area contributed by atoms with Gasteiger partial charge in [0.25, 0.3) is 0 Å². The lowest BCUT2D eigenvalue weighted by Gasteiger charge is -2.14. The van der Waals surface area contributed by atoms with E-state index in [1.54, 1.807) is 17.4 Å². The van der Waals surface area contributed by atoms with E-state index >= 15 is 0 Å². The third-order valence-corrected chi connectivity index (χ3v) is 4.00.